The summed E-state index contributed by atoms with van der Waals surface area (Å²) in [5.74, 6) is 0.737. The number of imidazole rings is 1. The van der Waals surface area contributed by atoms with Gasteiger partial charge >= 0.3 is 0 Å². The third-order valence-corrected chi connectivity index (χ3v) is 3.73. The van der Waals surface area contributed by atoms with E-state index in [0.717, 1.165) is 33.7 Å². The molecule has 2 nitrogen and oxygen atoms in total. The van der Waals surface area contributed by atoms with Crippen LogP contribution in [0, 0.1) is 18.8 Å². The molecule has 0 saturated carbocycles. The molecule has 2 aromatic carbocycles. The Labute approximate surface area is 123 Å². The first-order chi connectivity index (χ1) is 8.68. The Morgan fingerprint density at radius 1 is 1.32 bits per heavy atom. The second kappa shape index (κ2) is 3.99. The van der Waals surface area contributed by atoms with Crippen LogP contribution in [-0.2, 0) is 27.2 Å². The van der Waals surface area contributed by atoms with Crippen molar-refractivity contribution in [1.82, 2.24) is 9.55 Å². The van der Waals surface area contributed by atoms with Crippen molar-refractivity contribution in [3.05, 3.63) is 42.0 Å². The predicted octanol–water partition coefficient (Wildman–Crippen LogP) is 3.47. The molecule has 1 aliphatic rings. The molecule has 0 N–H and O–H groups in total. The molecule has 0 bridgehead atoms. The van der Waals surface area contributed by atoms with Crippen molar-refractivity contribution >= 4 is 10.8 Å². The monoisotopic (exact) mass is 430 g/mol. The average Bonchev–Trinajstić information content (AvgIpc) is 2.83. The van der Waals surface area contributed by atoms with Gasteiger partial charge in [-0.2, -0.15) is 0 Å². The van der Waals surface area contributed by atoms with Gasteiger partial charge in [0.15, 0.2) is 0 Å². The molecule has 0 amide bonds. The van der Waals surface area contributed by atoms with E-state index < -0.39 is 0 Å². The van der Waals surface area contributed by atoms with Gasteiger partial charge in [0.2, 0.25) is 0 Å². The number of nitrogens with zero attached hydrogens (tertiary/aromatic N) is 2. The maximum atomic E-state index is 13.8. The Balaban J connectivity index is 0.00000110. The number of hydrogen-bond donors (Lipinski definition) is 0. The molecule has 1 aromatic heterocycles. The molecule has 0 spiro atoms. The molecule has 0 aliphatic heterocycles. The van der Waals surface area contributed by atoms with Gasteiger partial charge in [0.25, 0.3) is 0 Å². The van der Waals surface area contributed by atoms with Gasteiger partial charge in [0.05, 0.1) is 5.82 Å². The third kappa shape index (κ3) is 1.41. The second-order valence-electron chi connectivity index (χ2n) is 4.65. The molecule has 1 radical (unpaired) electrons. The van der Waals surface area contributed by atoms with Gasteiger partial charge < -0.3 is 4.57 Å². The summed E-state index contributed by atoms with van der Waals surface area (Å²) >= 11 is 0. The van der Waals surface area contributed by atoms with Crippen molar-refractivity contribution in [2.45, 2.75) is 6.92 Å². The molecular formula is C15H10FIrN2-. The van der Waals surface area contributed by atoms with Crippen molar-refractivity contribution in [3.8, 4) is 22.5 Å². The summed E-state index contributed by atoms with van der Waals surface area (Å²) in [6, 6.07) is 10.2. The van der Waals surface area contributed by atoms with Crippen molar-refractivity contribution < 1.29 is 24.5 Å². The molecule has 97 valence electrons. The first-order valence-corrected chi connectivity index (χ1v) is 5.85. The van der Waals surface area contributed by atoms with E-state index in [9.17, 15) is 4.39 Å². The summed E-state index contributed by atoms with van der Waals surface area (Å²) in [5, 5.41) is 1.59. The number of hydrogen-bond acceptors (Lipinski definition) is 1. The van der Waals surface area contributed by atoms with E-state index in [1.54, 1.807) is 0 Å². The SMILES string of the molecule is Cc1nc2c(n1C)-c1cccc3c(F)c[c-]c-2c13.[Ir]. The molecular weight excluding hydrogens is 419 g/mol. The van der Waals surface area contributed by atoms with Gasteiger partial charge in [-0.1, -0.05) is 29.0 Å². The fourth-order valence-electron chi connectivity index (χ4n) is 2.78. The molecule has 4 rings (SSSR count). The van der Waals surface area contributed by atoms with Crippen molar-refractivity contribution in [2.75, 3.05) is 0 Å². The van der Waals surface area contributed by atoms with Gasteiger partial charge in [-0.3, -0.25) is 9.37 Å². The van der Waals surface area contributed by atoms with Crippen molar-refractivity contribution in [1.29, 1.82) is 0 Å². The van der Waals surface area contributed by atoms with E-state index in [1.165, 1.54) is 6.07 Å². The molecule has 0 saturated heterocycles. The first-order valence-electron chi connectivity index (χ1n) is 5.85. The van der Waals surface area contributed by atoms with Crippen LogP contribution in [0.25, 0.3) is 33.3 Å². The summed E-state index contributed by atoms with van der Waals surface area (Å²) in [7, 11) is 1.99. The van der Waals surface area contributed by atoms with Gasteiger partial charge in [-0.05, 0) is 12.5 Å². The molecule has 0 atom stereocenters. The van der Waals surface area contributed by atoms with Gasteiger partial charge in [0, 0.05) is 44.4 Å². The number of aryl methyl sites for hydroxylation is 1. The minimum absolute atomic E-state index is 0. The standard InChI is InChI=1S/C15H10FN2.Ir/c1-8-17-14-10-6-7-12(16)9-4-3-5-11(13(9)10)15(14)18(8)2;/h3-5,7H,1-2H3;/q-1;. The van der Waals surface area contributed by atoms with Gasteiger partial charge in [-0.15, -0.1) is 17.7 Å². The molecule has 1 heterocycles. The fourth-order valence-corrected chi connectivity index (χ4v) is 2.78. The van der Waals surface area contributed by atoms with Crippen LogP contribution in [0.3, 0.4) is 0 Å². The summed E-state index contributed by atoms with van der Waals surface area (Å²) < 4.78 is 15.9. The minimum atomic E-state index is -0.222. The summed E-state index contributed by atoms with van der Waals surface area (Å²) in [6.07, 6.45) is 0. The number of fused-ring (bicyclic) bond motifs is 3. The molecule has 19 heavy (non-hydrogen) atoms. The van der Waals surface area contributed by atoms with E-state index >= 15 is 0 Å². The van der Waals surface area contributed by atoms with Gasteiger partial charge in [0.1, 0.15) is 0 Å². The molecule has 4 heteroatoms. The topological polar surface area (TPSA) is 17.8 Å². The Kier molecular flexibility index (Phi) is 2.63. The predicted molar refractivity (Wildman–Crippen MR) is 68.7 cm³/mol. The van der Waals surface area contributed by atoms with Crippen LogP contribution in [0.15, 0.2) is 24.3 Å². The normalized spacial score (nSPS) is 11.5. The Bertz CT molecular complexity index is 821. The summed E-state index contributed by atoms with van der Waals surface area (Å²) in [4.78, 5) is 4.57. The van der Waals surface area contributed by atoms with Crippen molar-refractivity contribution in [3.63, 3.8) is 0 Å². The van der Waals surface area contributed by atoms with Crippen LogP contribution >= 0.6 is 0 Å². The summed E-state index contributed by atoms with van der Waals surface area (Å²) in [5.41, 5.74) is 3.95. The molecule has 0 fully saturated rings. The van der Waals surface area contributed by atoms with E-state index in [2.05, 4.69) is 15.6 Å². The third-order valence-electron chi connectivity index (χ3n) is 3.73. The molecule has 1 aliphatic carbocycles. The average molecular weight is 429 g/mol. The largest absolute Gasteiger partial charge is 0.340 e. The van der Waals surface area contributed by atoms with Crippen molar-refractivity contribution in [2.24, 2.45) is 7.05 Å². The van der Waals surface area contributed by atoms with E-state index in [0.29, 0.717) is 5.39 Å². The van der Waals surface area contributed by atoms with Crippen LogP contribution in [0.2, 0.25) is 0 Å². The second-order valence-corrected chi connectivity index (χ2v) is 4.65. The molecule has 0 unspecified atom stereocenters. The van der Waals surface area contributed by atoms with E-state index in [-0.39, 0.29) is 25.9 Å². The Hall–Kier alpha value is -1.51. The Morgan fingerprint density at radius 2 is 2.11 bits per heavy atom. The summed E-state index contributed by atoms with van der Waals surface area (Å²) in [6.45, 7) is 1.97. The Morgan fingerprint density at radius 3 is 2.89 bits per heavy atom. The van der Waals surface area contributed by atoms with Crippen LogP contribution in [0.4, 0.5) is 4.39 Å². The van der Waals surface area contributed by atoms with E-state index in [1.807, 2.05) is 32.2 Å². The number of benzene rings is 2. The number of halogens is 1. The zero-order valence-corrected chi connectivity index (χ0v) is 12.8. The van der Waals surface area contributed by atoms with Crippen LogP contribution < -0.4 is 0 Å². The smallest absolute Gasteiger partial charge is 0.0949 e. The number of aromatic nitrogens is 2. The van der Waals surface area contributed by atoms with Gasteiger partial charge in [-0.25, -0.2) is 0 Å². The quantitative estimate of drug-likeness (QED) is 0.392. The van der Waals surface area contributed by atoms with Crippen LogP contribution in [-0.4, -0.2) is 9.55 Å². The van der Waals surface area contributed by atoms with E-state index in [4.69, 9.17) is 0 Å². The first kappa shape index (κ1) is 12.5. The molecule has 3 aromatic rings. The minimum Gasteiger partial charge on any atom is -0.340 e. The van der Waals surface area contributed by atoms with Crippen LogP contribution in [0.5, 0.6) is 0 Å². The number of rotatable bonds is 0. The van der Waals surface area contributed by atoms with Crippen LogP contribution in [0.1, 0.15) is 5.82 Å². The zero-order chi connectivity index (χ0) is 12.4. The maximum Gasteiger partial charge on any atom is 0.0949 e. The maximum absolute atomic E-state index is 13.8. The fraction of sp³-hybridized carbons (Fsp3) is 0.133. The zero-order valence-electron chi connectivity index (χ0n) is 10.4.